The average molecular weight is 254 g/mol. The number of ether oxygens (including phenoxy) is 1. The molecular formula is C13H16ClNO2. The van der Waals surface area contributed by atoms with E-state index in [1.807, 2.05) is 0 Å². The van der Waals surface area contributed by atoms with Crippen LogP contribution in [0.1, 0.15) is 23.2 Å². The maximum absolute atomic E-state index is 12.1. The number of carbonyl (C=O) groups is 1. The molecule has 0 radical (unpaired) electrons. The monoisotopic (exact) mass is 253 g/mol. The fourth-order valence-corrected chi connectivity index (χ4v) is 2.39. The lowest BCUT2D eigenvalue weighted by Crippen LogP contribution is -2.13. The Bertz CT molecular complexity index is 414. The third kappa shape index (κ3) is 2.99. The van der Waals surface area contributed by atoms with Gasteiger partial charge in [-0.1, -0.05) is 11.6 Å². The summed E-state index contributed by atoms with van der Waals surface area (Å²) >= 11 is 6.07. The third-order valence-corrected chi connectivity index (χ3v) is 3.43. The van der Waals surface area contributed by atoms with Crippen molar-refractivity contribution in [2.75, 3.05) is 20.2 Å². The molecule has 1 aliphatic heterocycles. The number of nitrogens with one attached hydrogen (secondary N) is 1. The Hall–Kier alpha value is -1.06. The third-order valence-electron chi connectivity index (χ3n) is 3.11. The van der Waals surface area contributed by atoms with Crippen LogP contribution in [0.2, 0.25) is 5.02 Å². The van der Waals surface area contributed by atoms with Gasteiger partial charge in [0, 0.05) is 12.0 Å². The van der Waals surface area contributed by atoms with Crippen molar-refractivity contribution in [2.45, 2.75) is 12.8 Å². The van der Waals surface area contributed by atoms with Gasteiger partial charge in [0.1, 0.15) is 5.75 Å². The summed E-state index contributed by atoms with van der Waals surface area (Å²) in [5, 5.41) is 3.73. The highest BCUT2D eigenvalue weighted by molar-refractivity contribution is 6.34. The van der Waals surface area contributed by atoms with Gasteiger partial charge in [-0.15, -0.1) is 0 Å². The topological polar surface area (TPSA) is 38.3 Å². The van der Waals surface area contributed by atoms with E-state index in [-0.39, 0.29) is 5.78 Å². The molecule has 4 heteroatoms. The number of halogens is 1. The molecule has 1 unspecified atom stereocenters. The van der Waals surface area contributed by atoms with Crippen molar-refractivity contribution in [1.82, 2.24) is 5.32 Å². The largest absolute Gasteiger partial charge is 0.497 e. The predicted octanol–water partition coefficient (Wildman–Crippen LogP) is 2.53. The van der Waals surface area contributed by atoms with Gasteiger partial charge in [0.15, 0.2) is 5.78 Å². The number of benzene rings is 1. The highest BCUT2D eigenvalue weighted by Gasteiger charge is 2.20. The minimum Gasteiger partial charge on any atom is -0.497 e. The fourth-order valence-electron chi connectivity index (χ4n) is 2.11. The first-order chi connectivity index (χ1) is 8.20. The maximum atomic E-state index is 12.1. The summed E-state index contributed by atoms with van der Waals surface area (Å²) in [5.41, 5.74) is 0.597. The van der Waals surface area contributed by atoms with Crippen LogP contribution < -0.4 is 10.1 Å². The van der Waals surface area contributed by atoms with Crippen LogP contribution in [0, 0.1) is 5.92 Å². The second kappa shape index (κ2) is 5.52. The number of ketones is 1. The van der Waals surface area contributed by atoms with Crippen molar-refractivity contribution in [3.63, 3.8) is 0 Å². The van der Waals surface area contributed by atoms with E-state index in [1.165, 1.54) is 0 Å². The molecule has 2 rings (SSSR count). The quantitative estimate of drug-likeness (QED) is 0.838. The minimum atomic E-state index is 0.117. The molecule has 1 atom stereocenters. The van der Waals surface area contributed by atoms with Crippen molar-refractivity contribution in [1.29, 1.82) is 0 Å². The molecule has 0 aromatic heterocycles. The average Bonchev–Trinajstić information content (AvgIpc) is 2.81. The second-order valence-corrected chi connectivity index (χ2v) is 4.74. The zero-order valence-electron chi connectivity index (χ0n) is 9.83. The first-order valence-electron chi connectivity index (χ1n) is 5.78. The first kappa shape index (κ1) is 12.4. The van der Waals surface area contributed by atoms with E-state index < -0.39 is 0 Å². The van der Waals surface area contributed by atoms with E-state index in [2.05, 4.69) is 5.32 Å². The van der Waals surface area contributed by atoms with Crippen LogP contribution in [0.5, 0.6) is 5.75 Å². The van der Waals surface area contributed by atoms with Crippen molar-refractivity contribution < 1.29 is 9.53 Å². The second-order valence-electron chi connectivity index (χ2n) is 4.33. The SMILES string of the molecule is COc1ccc(C(=O)CC2CCNC2)c(Cl)c1. The Labute approximate surface area is 106 Å². The summed E-state index contributed by atoms with van der Waals surface area (Å²) < 4.78 is 5.06. The summed E-state index contributed by atoms with van der Waals surface area (Å²) in [6, 6.07) is 5.19. The highest BCUT2D eigenvalue weighted by atomic mass is 35.5. The van der Waals surface area contributed by atoms with Crippen LogP contribution in [0.25, 0.3) is 0 Å². The Morgan fingerprint density at radius 2 is 2.41 bits per heavy atom. The van der Waals surface area contributed by atoms with Gasteiger partial charge in [-0.25, -0.2) is 0 Å². The van der Waals surface area contributed by atoms with E-state index in [1.54, 1.807) is 25.3 Å². The molecule has 3 nitrogen and oxygen atoms in total. The normalized spacial score (nSPS) is 19.3. The molecule has 1 aliphatic rings. The number of Topliss-reactive ketones (excluding diaryl/α,β-unsaturated/α-hetero) is 1. The molecular weight excluding hydrogens is 238 g/mol. The number of carbonyl (C=O) groups excluding carboxylic acids is 1. The Morgan fingerprint density at radius 3 is 3.00 bits per heavy atom. The maximum Gasteiger partial charge on any atom is 0.164 e. The number of hydrogen-bond acceptors (Lipinski definition) is 3. The van der Waals surface area contributed by atoms with Gasteiger partial charge in [-0.05, 0) is 43.6 Å². The summed E-state index contributed by atoms with van der Waals surface area (Å²) in [4.78, 5) is 12.1. The standard InChI is InChI=1S/C13H16ClNO2/c1-17-10-2-3-11(12(14)7-10)13(16)6-9-4-5-15-8-9/h2-3,7,9,15H,4-6,8H2,1H3. The van der Waals surface area contributed by atoms with Gasteiger partial charge in [0.05, 0.1) is 12.1 Å². The molecule has 0 saturated carbocycles. The van der Waals surface area contributed by atoms with Crippen LogP contribution in [-0.2, 0) is 0 Å². The summed E-state index contributed by atoms with van der Waals surface area (Å²) in [7, 11) is 1.58. The van der Waals surface area contributed by atoms with Crippen LogP contribution in [0.3, 0.4) is 0 Å². The number of hydrogen-bond donors (Lipinski definition) is 1. The Kier molecular flexibility index (Phi) is 4.02. The molecule has 1 N–H and O–H groups in total. The smallest absolute Gasteiger partial charge is 0.164 e. The van der Waals surface area contributed by atoms with Gasteiger partial charge in [-0.3, -0.25) is 4.79 Å². The molecule has 0 spiro atoms. The zero-order valence-corrected chi connectivity index (χ0v) is 10.6. The molecule has 1 fully saturated rings. The van der Waals surface area contributed by atoms with E-state index in [0.29, 0.717) is 28.7 Å². The number of rotatable bonds is 4. The van der Waals surface area contributed by atoms with Crippen molar-refractivity contribution in [3.05, 3.63) is 28.8 Å². The van der Waals surface area contributed by atoms with Gasteiger partial charge >= 0.3 is 0 Å². The molecule has 1 aromatic rings. The van der Waals surface area contributed by atoms with Crippen LogP contribution in [0.4, 0.5) is 0 Å². The van der Waals surface area contributed by atoms with Crippen molar-refractivity contribution >= 4 is 17.4 Å². The molecule has 0 bridgehead atoms. The van der Waals surface area contributed by atoms with E-state index >= 15 is 0 Å². The van der Waals surface area contributed by atoms with Gasteiger partial charge in [0.2, 0.25) is 0 Å². The van der Waals surface area contributed by atoms with E-state index in [9.17, 15) is 4.79 Å². The van der Waals surface area contributed by atoms with Gasteiger partial charge in [0.25, 0.3) is 0 Å². The van der Waals surface area contributed by atoms with Crippen molar-refractivity contribution in [2.24, 2.45) is 5.92 Å². The summed E-state index contributed by atoms with van der Waals surface area (Å²) in [6.45, 7) is 1.94. The van der Waals surface area contributed by atoms with Gasteiger partial charge in [-0.2, -0.15) is 0 Å². The Morgan fingerprint density at radius 1 is 1.59 bits per heavy atom. The lowest BCUT2D eigenvalue weighted by molar-refractivity contribution is 0.0964. The Balaban J connectivity index is 2.07. The molecule has 92 valence electrons. The molecule has 1 heterocycles. The summed E-state index contributed by atoms with van der Waals surface area (Å²) in [6.07, 6.45) is 1.64. The lowest BCUT2D eigenvalue weighted by atomic mass is 9.97. The van der Waals surface area contributed by atoms with Crippen LogP contribution in [-0.4, -0.2) is 26.0 Å². The molecule has 0 aliphatic carbocycles. The molecule has 17 heavy (non-hydrogen) atoms. The molecule has 1 aromatic carbocycles. The van der Waals surface area contributed by atoms with E-state index in [4.69, 9.17) is 16.3 Å². The van der Waals surface area contributed by atoms with E-state index in [0.717, 1.165) is 19.5 Å². The summed E-state index contributed by atoms with van der Waals surface area (Å²) in [5.74, 6) is 1.24. The zero-order chi connectivity index (χ0) is 12.3. The minimum absolute atomic E-state index is 0.117. The van der Waals surface area contributed by atoms with Crippen LogP contribution >= 0.6 is 11.6 Å². The first-order valence-corrected chi connectivity index (χ1v) is 6.16. The van der Waals surface area contributed by atoms with Gasteiger partial charge < -0.3 is 10.1 Å². The van der Waals surface area contributed by atoms with Crippen molar-refractivity contribution in [3.8, 4) is 5.75 Å². The lowest BCUT2D eigenvalue weighted by Gasteiger charge is -2.09. The van der Waals surface area contributed by atoms with Crippen LogP contribution in [0.15, 0.2) is 18.2 Å². The fraction of sp³-hybridized carbons (Fsp3) is 0.462. The predicted molar refractivity (Wildman–Crippen MR) is 67.9 cm³/mol. The molecule has 0 amide bonds. The highest BCUT2D eigenvalue weighted by Crippen LogP contribution is 2.25. The number of methoxy groups -OCH3 is 1. The molecule has 1 saturated heterocycles.